The third-order valence-electron chi connectivity index (χ3n) is 4.42. The maximum absolute atomic E-state index is 6.41. The fraction of sp³-hybridized carbons (Fsp3) is 0.286. The van der Waals surface area contributed by atoms with Gasteiger partial charge in [-0.2, -0.15) is 0 Å². The fourth-order valence-electron chi connectivity index (χ4n) is 1.92. The molecule has 2 aromatic rings. The largest absolute Gasteiger partial charge is 0.542 e. The lowest BCUT2D eigenvalue weighted by molar-refractivity contribution is 0.493. The Bertz CT molecular complexity index is 712. The van der Waals surface area contributed by atoms with Gasteiger partial charge in [0.15, 0.2) is 0 Å². The SMILES string of the molecule is CC(C)(C)[Si](C)(C)Oc1ccccc1N=CC=Cc1ccccc1. The Morgan fingerprint density at radius 2 is 1.54 bits per heavy atom. The smallest absolute Gasteiger partial charge is 0.250 e. The molecule has 0 radical (unpaired) electrons. The van der Waals surface area contributed by atoms with Crippen molar-refractivity contribution in [3.05, 3.63) is 66.2 Å². The number of allylic oxidation sites excluding steroid dienone is 1. The average Bonchev–Trinajstić information content (AvgIpc) is 2.52. The monoisotopic (exact) mass is 337 g/mol. The van der Waals surface area contributed by atoms with Gasteiger partial charge in [0.1, 0.15) is 11.4 Å². The first-order chi connectivity index (χ1) is 11.3. The first kappa shape index (κ1) is 18.2. The molecule has 0 aliphatic carbocycles. The molecule has 2 aromatic carbocycles. The van der Waals surface area contributed by atoms with E-state index in [0.29, 0.717) is 0 Å². The molecule has 0 fully saturated rings. The molecule has 0 bridgehead atoms. The highest BCUT2D eigenvalue weighted by Crippen LogP contribution is 2.39. The van der Waals surface area contributed by atoms with Gasteiger partial charge in [0.25, 0.3) is 8.32 Å². The number of hydrogen-bond acceptors (Lipinski definition) is 2. The summed E-state index contributed by atoms with van der Waals surface area (Å²) in [4.78, 5) is 4.57. The standard InChI is InChI=1S/C21H27NOSi/c1-21(2,3)24(4,5)23-20-16-10-9-15-19(20)22-17-11-14-18-12-7-6-8-13-18/h6-17H,1-5H3. The number of benzene rings is 2. The van der Waals surface area contributed by atoms with E-state index in [1.165, 1.54) is 0 Å². The molecule has 0 saturated carbocycles. The zero-order valence-electron chi connectivity index (χ0n) is 15.3. The summed E-state index contributed by atoms with van der Waals surface area (Å²) in [6.07, 6.45) is 5.82. The van der Waals surface area contributed by atoms with E-state index in [0.717, 1.165) is 17.0 Å². The minimum Gasteiger partial charge on any atom is -0.542 e. The Hall–Kier alpha value is -2.13. The molecule has 3 heteroatoms. The van der Waals surface area contributed by atoms with E-state index in [-0.39, 0.29) is 5.04 Å². The maximum Gasteiger partial charge on any atom is 0.250 e. The van der Waals surface area contributed by atoms with Crippen LogP contribution in [0.3, 0.4) is 0 Å². The minimum atomic E-state index is -1.87. The first-order valence-electron chi connectivity index (χ1n) is 8.33. The molecule has 2 rings (SSSR count). The molecular weight excluding hydrogens is 310 g/mol. The van der Waals surface area contributed by atoms with Crippen molar-refractivity contribution < 1.29 is 4.43 Å². The van der Waals surface area contributed by atoms with Gasteiger partial charge < -0.3 is 4.43 Å². The number of para-hydroxylation sites is 2. The van der Waals surface area contributed by atoms with Crippen LogP contribution in [0.4, 0.5) is 5.69 Å². The van der Waals surface area contributed by atoms with Gasteiger partial charge in [0.05, 0.1) is 0 Å². The lowest BCUT2D eigenvalue weighted by Gasteiger charge is -2.36. The highest BCUT2D eigenvalue weighted by molar-refractivity contribution is 6.74. The summed E-state index contributed by atoms with van der Waals surface area (Å²) in [5.74, 6) is 0.869. The van der Waals surface area contributed by atoms with Crippen molar-refractivity contribution in [3.63, 3.8) is 0 Å². The van der Waals surface area contributed by atoms with Crippen molar-refractivity contribution in [1.29, 1.82) is 0 Å². The van der Waals surface area contributed by atoms with Crippen LogP contribution in [-0.4, -0.2) is 14.5 Å². The zero-order valence-corrected chi connectivity index (χ0v) is 16.3. The molecule has 0 aliphatic rings. The Balaban J connectivity index is 2.14. The summed E-state index contributed by atoms with van der Waals surface area (Å²) >= 11 is 0. The van der Waals surface area contributed by atoms with Crippen LogP contribution in [0.2, 0.25) is 18.1 Å². The molecule has 0 N–H and O–H groups in total. The van der Waals surface area contributed by atoms with Crippen LogP contribution in [0.5, 0.6) is 5.75 Å². The van der Waals surface area contributed by atoms with E-state index >= 15 is 0 Å². The molecule has 0 spiro atoms. The molecule has 0 unspecified atom stereocenters. The lowest BCUT2D eigenvalue weighted by atomic mass is 10.2. The summed E-state index contributed by atoms with van der Waals surface area (Å²) in [6.45, 7) is 11.2. The normalized spacial score (nSPS) is 12.9. The van der Waals surface area contributed by atoms with Crippen LogP contribution in [0.25, 0.3) is 6.08 Å². The number of rotatable bonds is 5. The quantitative estimate of drug-likeness (QED) is 0.451. The summed E-state index contributed by atoms with van der Waals surface area (Å²) in [7, 11) is -1.87. The van der Waals surface area contributed by atoms with Crippen LogP contribution < -0.4 is 4.43 Å². The van der Waals surface area contributed by atoms with Gasteiger partial charge in [0.2, 0.25) is 0 Å². The summed E-state index contributed by atoms with van der Waals surface area (Å²) in [6, 6.07) is 18.2. The van der Waals surface area contributed by atoms with Gasteiger partial charge >= 0.3 is 0 Å². The Morgan fingerprint density at radius 3 is 2.21 bits per heavy atom. The Morgan fingerprint density at radius 1 is 0.917 bits per heavy atom. The molecule has 0 saturated heterocycles. The van der Waals surface area contributed by atoms with Crippen molar-refractivity contribution in [1.82, 2.24) is 0 Å². The molecule has 0 heterocycles. The van der Waals surface area contributed by atoms with Gasteiger partial charge in [-0.3, -0.25) is 4.99 Å². The third-order valence-corrected chi connectivity index (χ3v) is 8.77. The second-order valence-electron chi connectivity index (χ2n) is 7.38. The maximum atomic E-state index is 6.41. The van der Waals surface area contributed by atoms with Gasteiger partial charge in [0, 0.05) is 6.21 Å². The number of aliphatic imine (C=N–C) groups is 1. The van der Waals surface area contributed by atoms with Gasteiger partial charge in [-0.05, 0) is 41.9 Å². The van der Waals surface area contributed by atoms with Crippen molar-refractivity contribution in [3.8, 4) is 5.75 Å². The summed E-state index contributed by atoms with van der Waals surface area (Å²) in [5, 5.41) is 0.164. The summed E-state index contributed by atoms with van der Waals surface area (Å²) in [5.41, 5.74) is 2.04. The number of hydrogen-bond donors (Lipinski definition) is 0. The van der Waals surface area contributed by atoms with Crippen LogP contribution in [0.1, 0.15) is 26.3 Å². The van der Waals surface area contributed by atoms with Crippen molar-refractivity contribution in [2.45, 2.75) is 38.9 Å². The van der Waals surface area contributed by atoms with Crippen LogP contribution in [0.15, 0.2) is 65.7 Å². The molecule has 0 atom stereocenters. The molecule has 24 heavy (non-hydrogen) atoms. The lowest BCUT2D eigenvalue weighted by Crippen LogP contribution is -2.43. The van der Waals surface area contributed by atoms with E-state index < -0.39 is 8.32 Å². The Kier molecular flexibility index (Phi) is 5.78. The van der Waals surface area contributed by atoms with E-state index in [4.69, 9.17) is 4.43 Å². The highest BCUT2D eigenvalue weighted by atomic mass is 28.4. The predicted molar refractivity (Wildman–Crippen MR) is 108 cm³/mol. The van der Waals surface area contributed by atoms with Crippen molar-refractivity contribution >= 4 is 26.3 Å². The number of nitrogens with zero attached hydrogens (tertiary/aromatic N) is 1. The van der Waals surface area contributed by atoms with Crippen LogP contribution in [0, 0.1) is 0 Å². The fourth-order valence-corrected chi connectivity index (χ4v) is 2.95. The topological polar surface area (TPSA) is 21.6 Å². The second kappa shape index (κ2) is 7.62. The van der Waals surface area contributed by atoms with E-state index in [1.807, 2.05) is 60.8 Å². The molecular formula is C21H27NOSi. The first-order valence-corrected chi connectivity index (χ1v) is 11.2. The van der Waals surface area contributed by atoms with Gasteiger partial charge in [-0.25, -0.2) is 0 Å². The van der Waals surface area contributed by atoms with Crippen molar-refractivity contribution in [2.24, 2.45) is 4.99 Å². The molecule has 0 amide bonds. The average molecular weight is 338 g/mol. The van der Waals surface area contributed by atoms with E-state index in [9.17, 15) is 0 Å². The Labute approximate surface area is 147 Å². The predicted octanol–water partition coefficient (Wildman–Crippen LogP) is 6.49. The van der Waals surface area contributed by atoms with E-state index in [2.05, 4.69) is 51.0 Å². The van der Waals surface area contributed by atoms with Gasteiger partial charge in [-0.15, -0.1) is 0 Å². The minimum absolute atomic E-state index is 0.164. The zero-order chi connectivity index (χ0) is 17.6. The van der Waals surface area contributed by atoms with Crippen LogP contribution >= 0.6 is 0 Å². The van der Waals surface area contributed by atoms with Crippen LogP contribution in [-0.2, 0) is 0 Å². The molecule has 2 nitrogen and oxygen atoms in total. The van der Waals surface area contributed by atoms with Gasteiger partial charge in [-0.1, -0.05) is 69.3 Å². The molecule has 126 valence electrons. The molecule has 0 aromatic heterocycles. The summed E-state index contributed by atoms with van der Waals surface area (Å²) < 4.78 is 6.41. The second-order valence-corrected chi connectivity index (χ2v) is 12.1. The highest BCUT2D eigenvalue weighted by Gasteiger charge is 2.39. The van der Waals surface area contributed by atoms with E-state index in [1.54, 1.807) is 0 Å². The van der Waals surface area contributed by atoms with Crippen molar-refractivity contribution in [2.75, 3.05) is 0 Å². The molecule has 0 aliphatic heterocycles. The third kappa shape index (κ3) is 4.93.